The van der Waals surface area contributed by atoms with Crippen LogP contribution in [0.25, 0.3) is 0 Å². The van der Waals surface area contributed by atoms with Crippen LogP contribution in [0.2, 0.25) is 0 Å². The number of amides is 1. The van der Waals surface area contributed by atoms with E-state index in [1.54, 1.807) is 0 Å². The molecule has 1 aliphatic heterocycles. The van der Waals surface area contributed by atoms with Crippen molar-refractivity contribution in [3.63, 3.8) is 0 Å². The third kappa shape index (κ3) is 19.4. The molecule has 2 atom stereocenters. The SMILES string of the molecule is C1CCOC1.CC(C)=O.CCCCCC(C)C(CCS)C(N)=O. The number of hydrogen-bond acceptors (Lipinski definition) is 4. The van der Waals surface area contributed by atoms with Gasteiger partial charge >= 0.3 is 0 Å². The molecule has 0 aromatic rings. The van der Waals surface area contributed by atoms with Crippen molar-refractivity contribution in [2.45, 2.75) is 72.6 Å². The average Bonchev–Trinajstić information content (AvgIpc) is 3.03. The second kappa shape index (κ2) is 17.8. The van der Waals surface area contributed by atoms with Crippen LogP contribution in [0, 0.1) is 11.8 Å². The first kappa shape index (κ1) is 24.7. The van der Waals surface area contributed by atoms with Crippen molar-refractivity contribution < 1.29 is 14.3 Å². The molecule has 2 N–H and O–H groups in total. The Morgan fingerprint density at radius 1 is 1.13 bits per heavy atom. The maximum atomic E-state index is 11.2. The lowest BCUT2D eigenvalue weighted by molar-refractivity contribution is -0.123. The summed E-state index contributed by atoms with van der Waals surface area (Å²) in [5, 5.41) is 0. The van der Waals surface area contributed by atoms with E-state index in [4.69, 9.17) is 10.5 Å². The zero-order valence-electron chi connectivity index (χ0n) is 15.5. The van der Waals surface area contributed by atoms with Gasteiger partial charge in [0.15, 0.2) is 0 Å². The van der Waals surface area contributed by atoms with E-state index in [1.807, 2.05) is 0 Å². The number of hydrogen-bond donors (Lipinski definition) is 2. The van der Waals surface area contributed by atoms with E-state index in [9.17, 15) is 9.59 Å². The molecule has 1 aliphatic rings. The van der Waals surface area contributed by atoms with Crippen LogP contribution in [-0.4, -0.2) is 30.7 Å². The van der Waals surface area contributed by atoms with Gasteiger partial charge in [-0.25, -0.2) is 0 Å². The van der Waals surface area contributed by atoms with E-state index < -0.39 is 0 Å². The lowest BCUT2D eigenvalue weighted by Gasteiger charge is -2.20. The van der Waals surface area contributed by atoms with Gasteiger partial charge in [-0.1, -0.05) is 33.1 Å². The van der Waals surface area contributed by atoms with E-state index in [0.717, 1.165) is 31.8 Å². The molecule has 0 bridgehead atoms. The predicted molar refractivity (Wildman–Crippen MR) is 101 cm³/mol. The first-order valence-electron chi connectivity index (χ1n) is 8.81. The second-order valence-electron chi connectivity index (χ2n) is 6.22. The van der Waals surface area contributed by atoms with Gasteiger partial charge in [0.2, 0.25) is 5.91 Å². The highest BCUT2D eigenvalue weighted by Crippen LogP contribution is 2.21. The molecule has 0 spiro atoms. The molecule has 4 nitrogen and oxygen atoms in total. The summed E-state index contributed by atoms with van der Waals surface area (Å²) in [4.78, 5) is 20.6. The normalized spacial score (nSPS) is 15.5. The number of unbranched alkanes of at least 4 members (excludes halogenated alkanes) is 2. The Morgan fingerprint density at radius 2 is 1.65 bits per heavy atom. The van der Waals surface area contributed by atoms with Gasteiger partial charge < -0.3 is 15.3 Å². The Labute approximate surface area is 148 Å². The zero-order valence-corrected chi connectivity index (χ0v) is 16.4. The fourth-order valence-corrected chi connectivity index (χ4v) is 2.55. The first-order valence-corrected chi connectivity index (χ1v) is 9.45. The van der Waals surface area contributed by atoms with Crippen LogP contribution >= 0.6 is 12.6 Å². The molecular formula is C18H37NO3S. The molecule has 0 radical (unpaired) electrons. The van der Waals surface area contributed by atoms with Crippen molar-refractivity contribution in [1.29, 1.82) is 0 Å². The van der Waals surface area contributed by atoms with Crippen LogP contribution in [-0.2, 0) is 14.3 Å². The Balaban J connectivity index is 0. The summed E-state index contributed by atoms with van der Waals surface area (Å²) >= 11 is 4.15. The Hall–Kier alpha value is -0.550. The molecule has 0 aromatic carbocycles. The molecule has 1 saturated heterocycles. The molecule has 1 heterocycles. The second-order valence-corrected chi connectivity index (χ2v) is 6.67. The van der Waals surface area contributed by atoms with Crippen molar-refractivity contribution in [3.8, 4) is 0 Å². The van der Waals surface area contributed by atoms with Crippen molar-refractivity contribution in [2.24, 2.45) is 17.6 Å². The molecule has 0 aromatic heterocycles. The third-order valence-electron chi connectivity index (χ3n) is 3.58. The molecule has 23 heavy (non-hydrogen) atoms. The van der Waals surface area contributed by atoms with Crippen molar-refractivity contribution in [2.75, 3.05) is 19.0 Å². The lowest BCUT2D eigenvalue weighted by atomic mass is 9.87. The zero-order chi connectivity index (χ0) is 18.1. The molecular weight excluding hydrogens is 310 g/mol. The molecule has 1 rings (SSSR count). The van der Waals surface area contributed by atoms with Gasteiger partial charge in [0, 0.05) is 19.1 Å². The topological polar surface area (TPSA) is 69.4 Å². The number of Topliss-reactive ketones (excluding diaryl/α,β-unsaturated/α-hetero) is 1. The molecule has 0 aliphatic carbocycles. The molecule has 1 fully saturated rings. The van der Waals surface area contributed by atoms with E-state index in [2.05, 4.69) is 26.5 Å². The Morgan fingerprint density at radius 3 is 1.96 bits per heavy atom. The fourth-order valence-electron chi connectivity index (χ4n) is 2.27. The van der Waals surface area contributed by atoms with Gasteiger partial charge in [0.1, 0.15) is 5.78 Å². The number of ether oxygens (including phenoxy) is 1. The summed E-state index contributed by atoms with van der Waals surface area (Å²) in [6.07, 6.45) is 8.15. The van der Waals surface area contributed by atoms with Gasteiger partial charge in [-0.3, -0.25) is 4.79 Å². The van der Waals surface area contributed by atoms with Gasteiger partial charge in [-0.05, 0) is 51.2 Å². The van der Waals surface area contributed by atoms with Crippen LogP contribution < -0.4 is 5.73 Å². The number of carbonyl (C=O) groups is 2. The van der Waals surface area contributed by atoms with Gasteiger partial charge in [-0.15, -0.1) is 0 Å². The number of primary amides is 1. The molecule has 5 heteroatoms. The highest BCUT2D eigenvalue weighted by Gasteiger charge is 2.21. The number of ketones is 1. The highest BCUT2D eigenvalue weighted by molar-refractivity contribution is 7.80. The van der Waals surface area contributed by atoms with Gasteiger partial charge in [0.05, 0.1) is 0 Å². The Bertz CT molecular complexity index is 282. The predicted octanol–water partition coefficient (Wildman–Crippen LogP) is 4.02. The fraction of sp³-hybridized carbons (Fsp3) is 0.889. The van der Waals surface area contributed by atoms with Crippen LogP contribution in [0.1, 0.15) is 72.6 Å². The van der Waals surface area contributed by atoms with E-state index in [0.29, 0.717) is 5.92 Å². The summed E-state index contributed by atoms with van der Waals surface area (Å²) < 4.78 is 4.94. The van der Waals surface area contributed by atoms with Crippen molar-refractivity contribution in [1.82, 2.24) is 0 Å². The molecule has 138 valence electrons. The van der Waals surface area contributed by atoms with E-state index in [-0.39, 0.29) is 17.6 Å². The van der Waals surface area contributed by atoms with Gasteiger partial charge in [0.25, 0.3) is 0 Å². The summed E-state index contributed by atoms with van der Waals surface area (Å²) in [6.45, 7) is 9.36. The minimum absolute atomic E-state index is 0.0179. The molecule has 1 amide bonds. The minimum atomic E-state index is -0.164. The standard InChI is InChI=1S/C11H23NOS.C4H8O.C3H6O/c1-3-4-5-6-9(2)10(7-8-14)11(12)13;1-2-4-5-3-1;1-3(2)4/h9-10,14H,3-8H2,1-2H3,(H2,12,13);1-4H2;1-2H3. The summed E-state index contributed by atoms with van der Waals surface area (Å²) in [5.41, 5.74) is 5.36. The maximum absolute atomic E-state index is 11.2. The monoisotopic (exact) mass is 347 g/mol. The largest absolute Gasteiger partial charge is 0.381 e. The summed E-state index contributed by atoms with van der Waals surface area (Å²) in [7, 11) is 0. The number of nitrogens with two attached hydrogens (primary N) is 1. The number of carbonyl (C=O) groups excluding carboxylic acids is 2. The average molecular weight is 348 g/mol. The molecule has 0 saturated carbocycles. The number of rotatable bonds is 8. The first-order chi connectivity index (χ1) is 10.9. The van der Waals surface area contributed by atoms with Crippen molar-refractivity contribution in [3.05, 3.63) is 0 Å². The quantitative estimate of drug-likeness (QED) is 0.515. The van der Waals surface area contributed by atoms with Crippen LogP contribution in [0.15, 0.2) is 0 Å². The van der Waals surface area contributed by atoms with Crippen molar-refractivity contribution >= 4 is 24.3 Å². The van der Waals surface area contributed by atoms with Gasteiger partial charge in [-0.2, -0.15) is 12.6 Å². The smallest absolute Gasteiger partial charge is 0.220 e. The summed E-state index contributed by atoms with van der Waals surface area (Å²) in [5.74, 6) is 1.17. The number of thiol groups is 1. The van der Waals surface area contributed by atoms with Crippen LogP contribution in [0.3, 0.4) is 0 Å². The highest BCUT2D eigenvalue weighted by atomic mass is 32.1. The van der Waals surface area contributed by atoms with E-state index in [1.165, 1.54) is 46.0 Å². The molecule has 2 unspecified atom stereocenters. The lowest BCUT2D eigenvalue weighted by Crippen LogP contribution is -2.29. The maximum Gasteiger partial charge on any atom is 0.220 e. The third-order valence-corrected chi connectivity index (χ3v) is 3.84. The van der Waals surface area contributed by atoms with Crippen LogP contribution in [0.5, 0.6) is 0 Å². The minimum Gasteiger partial charge on any atom is -0.381 e. The van der Waals surface area contributed by atoms with E-state index >= 15 is 0 Å². The van der Waals surface area contributed by atoms with Crippen LogP contribution in [0.4, 0.5) is 0 Å². The summed E-state index contributed by atoms with van der Waals surface area (Å²) in [6, 6.07) is 0. The Kier molecular flexibility index (Phi) is 19.1.